The molecule has 0 aromatic carbocycles. The fourth-order valence-corrected chi connectivity index (χ4v) is 2.95. The molecule has 0 spiro atoms. The molecule has 0 bridgehead atoms. The van der Waals surface area contributed by atoms with Crippen molar-refractivity contribution in [3.8, 4) is 0 Å². The van der Waals surface area contributed by atoms with E-state index >= 15 is 0 Å². The number of hydrogen-bond donors (Lipinski definition) is 3. The quantitative estimate of drug-likeness (QED) is 0.567. The highest BCUT2D eigenvalue weighted by Crippen LogP contribution is 2.26. The van der Waals surface area contributed by atoms with Crippen LogP contribution in [-0.4, -0.2) is 46.2 Å². The van der Waals surface area contributed by atoms with Crippen molar-refractivity contribution in [2.75, 3.05) is 18.4 Å². The number of anilines is 1. The van der Waals surface area contributed by atoms with E-state index in [1.165, 1.54) is 19.3 Å². The molecule has 2 rings (SSSR count). The maximum atomic E-state index is 11.1. The van der Waals surface area contributed by atoms with Crippen molar-refractivity contribution in [2.45, 2.75) is 52.0 Å². The average molecular weight is 333 g/mol. The highest BCUT2D eigenvalue weighted by atomic mass is 16.4. The van der Waals surface area contributed by atoms with E-state index in [-0.39, 0.29) is 0 Å². The van der Waals surface area contributed by atoms with Crippen LogP contribution < -0.4 is 10.6 Å². The molecule has 1 saturated carbocycles. The fraction of sp³-hybridized carbons (Fsp3) is 0.588. The van der Waals surface area contributed by atoms with Crippen LogP contribution in [0, 0.1) is 0 Å². The first-order chi connectivity index (χ1) is 11.6. The molecule has 1 aromatic heterocycles. The summed E-state index contributed by atoms with van der Waals surface area (Å²) in [6, 6.07) is 4.07. The normalized spacial score (nSPS) is 15.8. The molecule has 132 valence electrons. The molecule has 1 heterocycles. The molecule has 1 aromatic rings. The largest absolute Gasteiger partial charge is 0.465 e. The number of amides is 1. The lowest BCUT2D eigenvalue weighted by molar-refractivity contribution is 0.198. The summed E-state index contributed by atoms with van der Waals surface area (Å²) in [5.41, 5.74) is 0.652. The zero-order chi connectivity index (χ0) is 17.4. The molecule has 3 N–H and O–H groups in total. The smallest absolute Gasteiger partial charge is 0.411 e. The van der Waals surface area contributed by atoms with Gasteiger partial charge >= 0.3 is 6.09 Å². The van der Waals surface area contributed by atoms with Crippen molar-refractivity contribution >= 4 is 23.6 Å². The first kappa shape index (κ1) is 18.0. The van der Waals surface area contributed by atoms with Gasteiger partial charge in [0.25, 0.3) is 0 Å². The van der Waals surface area contributed by atoms with E-state index in [0.29, 0.717) is 36.6 Å². The Kier molecular flexibility index (Phi) is 6.84. The summed E-state index contributed by atoms with van der Waals surface area (Å²) in [6.45, 7) is 5.27. The zero-order valence-corrected chi connectivity index (χ0v) is 14.5. The summed E-state index contributed by atoms with van der Waals surface area (Å²) in [5, 5.41) is 15.0. The number of nitrogens with zero attached hydrogens (tertiary/aromatic N) is 3. The zero-order valence-electron chi connectivity index (χ0n) is 14.5. The van der Waals surface area contributed by atoms with Gasteiger partial charge in [-0.3, -0.25) is 5.32 Å². The predicted octanol–water partition coefficient (Wildman–Crippen LogP) is 3.42. The van der Waals surface area contributed by atoms with E-state index < -0.39 is 6.09 Å². The fourth-order valence-electron chi connectivity index (χ4n) is 2.95. The second kappa shape index (κ2) is 9.10. The Morgan fingerprint density at radius 1 is 1.33 bits per heavy atom. The summed E-state index contributed by atoms with van der Waals surface area (Å²) in [6.07, 6.45) is 6.63. The van der Waals surface area contributed by atoms with Crippen LogP contribution in [0.1, 0.15) is 46.0 Å². The van der Waals surface area contributed by atoms with E-state index in [1.54, 1.807) is 6.20 Å². The monoisotopic (exact) mass is 333 g/mol. The van der Waals surface area contributed by atoms with Crippen molar-refractivity contribution in [1.82, 2.24) is 15.2 Å². The third kappa shape index (κ3) is 5.11. The van der Waals surface area contributed by atoms with Gasteiger partial charge in [-0.1, -0.05) is 19.3 Å². The summed E-state index contributed by atoms with van der Waals surface area (Å²) >= 11 is 0. The van der Waals surface area contributed by atoms with E-state index in [4.69, 9.17) is 5.11 Å². The lowest BCUT2D eigenvalue weighted by Crippen LogP contribution is -2.43. The minimum absolute atomic E-state index is 0.326. The molecule has 24 heavy (non-hydrogen) atoms. The molecule has 1 fully saturated rings. The number of rotatable bonds is 5. The van der Waals surface area contributed by atoms with Gasteiger partial charge in [-0.05, 0) is 38.8 Å². The minimum atomic E-state index is -1.12. The number of aromatic nitrogens is 1. The van der Waals surface area contributed by atoms with Gasteiger partial charge in [0.05, 0.1) is 0 Å². The topological polar surface area (TPSA) is 89.9 Å². The maximum Gasteiger partial charge on any atom is 0.411 e. The highest BCUT2D eigenvalue weighted by Gasteiger charge is 2.16. The Bertz CT molecular complexity index is 566. The lowest BCUT2D eigenvalue weighted by Gasteiger charge is -2.25. The minimum Gasteiger partial charge on any atom is -0.465 e. The van der Waals surface area contributed by atoms with E-state index in [0.717, 1.165) is 12.8 Å². The van der Waals surface area contributed by atoms with Crippen LogP contribution in [0.5, 0.6) is 0 Å². The summed E-state index contributed by atoms with van der Waals surface area (Å²) < 4.78 is 0. The summed E-state index contributed by atoms with van der Waals surface area (Å²) in [7, 11) is 0. The molecule has 0 saturated heterocycles. The van der Waals surface area contributed by atoms with Crippen molar-refractivity contribution in [2.24, 2.45) is 4.99 Å². The van der Waals surface area contributed by atoms with Gasteiger partial charge in [0.2, 0.25) is 5.96 Å². The van der Waals surface area contributed by atoms with Gasteiger partial charge in [-0.25, -0.2) is 14.8 Å². The molecule has 1 aliphatic carbocycles. The van der Waals surface area contributed by atoms with Crippen LogP contribution in [0.15, 0.2) is 23.3 Å². The molecule has 1 amide bonds. The first-order valence-corrected chi connectivity index (χ1v) is 8.69. The molecule has 7 nitrogen and oxygen atoms in total. The molecular formula is C17H27N5O2. The molecular weight excluding hydrogens is 306 g/mol. The molecule has 1 aliphatic rings. The molecule has 0 aliphatic heterocycles. The molecule has 7 heteroatoms. The third-order valence-corrected chi connectivity index (χ3v) is 4.24. The number of guanidine groups is 1. The van der Waals surface area contributed by atoms with Gasteiger partial charge < -0.3 is 15.3 Å². The number of nitrogens with one attached hydrogen (secondary N) is 2. The number of carboxylic acid groups (broad SMARTS) is 1. The summed E-state index contributed by atoms with van der Waals surface area (Å²) in [4.78, 5) is 21.9. The molecule has 0 radical (unpaired) electrons. The molecule has 0 atom stereocenters. The Morgan fingerprint density at radius 3 is 2.67 bits per heavy atom. The maximum absolute atomic E-state index is 11.1. The van der Waals surface area contributed by atoms with Crippen molar-refractivity contribution < 1.29 is 9.90 Å². The Balaban J connectivity index is 2.25. The van der Waals surface area contributed by atoms with E-state index in [2.05, 4.69) is 20.6 Å². The number of carbonyl (C=O) groups is 1. The van der Waals surface area contributed by atoms with Crippen LogP contribution in [0.4, 0.5) is 16.3 Å². The van der Waals surface area contributed by atoms with Gasteiger partial charge in [0.15, 0.2) is 5.82 Å². The van der Waals surface area contributed by atoms with Gasteiger partial charge in [-0.2, -0.15) is 0 Å². The SMILES string of the molecule is CCN(CC)/C(=N/c1cccnc1NC1CCCCC1)NC(=O)O. The summed E-state index contributed by atoms with van der Waals surface area (Å²) in [5.74, 6) is 1.04. The van der Waals surface area contributed by atoms with Crippen LogP contribution in [0.2, 0.25) is 0 Å². The Morgan fingerprint density at radius 2 is 2.04 bits per heavy atom. The van der Waals surface area contributed by atoms with E-state index in [9.17, 15) is 4.79 Å². The third-order valence-electron chi connectivity index (χ3n) is 4.24. The Labute approximate surface area is 143 Å². The molecule has 0 unspecified atom stereocenters. The number of aliphatic imine (C=N–C) groups is 1. The second-order valence-electron chi connectivity index (χ2n) is 5.89. The predicted molar refractivity (Wildman–Crippen MR) is 95.9 cm³/mol. The second-order valence-corrected chi connectivity index (χ2v) is 5.89. The van der Waals surface area contributed by atoms with Gasteiger partial charge in [-0.15, -0.1) is 0 Å². The number of hydrogen-bond acceptors (Lipinski definition) is 4. The standard InChI is InChI=1S/C17H27N5O2/c1-3-22(4-2)16(21-17(23)24)20-14-11-8-12-18-15(14)19-13-9-6-5-7-10-13/h8,11-13H,3-7,9-10H2,1-2H3,(H,18,19)(H,20,21)(H,23,24). The van der Waals surface area contributed by atoms with Crippen molar-refractivity contribution in [1.29, 1.82) is 0 Å². The first-order valence-electron chi connectivity index (χ1n) is 8.69. The van der Waals surface area contributed by atoms with E-state index in [1.807, 2.05) is 30.9 Å². The van der Waals surface area contributed by atoms with Crippen molar-refractivity contribution in [3.05, 3.63) is 18.3 Å². The average Bonchev–Trinajstić information content (AvgIpc) is 2.58. The number of pyridine rings is 1. The van der Waals surface area contributed by atoms with Gasteiger partial charge in [0.1, 0.15) is 5.69 Å². The highest BCUT2D eigenvalue weighted by molar-refractivity contribution is 5.95. The van der Waals surface area contributed by atoms with Crippen molar-refractivity contribution in [3.63, 3.8) is 0 Å². The van der Waals surface area contributed by atoms with Crippen LogP contribution >= 0.6 is 0 Å². The van der Waals surface area contributed by atoms with Crippen LogP contribution in [0.25, 0.3) is 0 Å². The van der Waals surface area contributed by atoms with Crippen LogP contribution in [-0.2, 0) is 0 Å². The Hall–Kier alpha value is -2.31. The lowest BCUT2D eigenvalue weighted by atomic mass is 9.95. The van der Waals surface area contributed by atoms with Crippen LogP contribution in [0.3, 0.4) is 0 Å². The van der Waals surface area contributed by atoms with Gasteiger partial charge in [0, 0.05) is 25.3 Å².